The highest BCUT2D eigenvalue weighted by Crippen LogP contribution is 2.17. The highest BCUT2D eigenvalue weighted by Gasteiger charge is 2.23. The number of aromatic nitrogens is 2. The minimum absolute atomic E-state index is 0.0649. The van der Waals surface area contributed by atoms with Gasteiger partial charge < -0.3 is 20.0 Å². The molecule has 2 N–H and O–H groups in total. The second kappa shape index (κ2) is 7.76. The highest BCUT2D eigenvalue weighted by molar-refractivity contribution is 5.52. The molecule has 2 rings (SSSR count). The van der Waals surface area contributed by atoms with E-state index in [0.29, 0.717) is 31.2 Å². The van der Waals surface area contributed by atoms with Gasteiger partial charge in [0.25, 0.3) is 0 Å². The molecule has 0 amide bonds. The van der Waals surface area contributed by atoms with Crippen LogP contribution in [0.1, 0.15) is 12.8 Å². The van der Waals surface area contributed by atoms with Gasteiger partial charge in [-0.05, 0) is 12.8 Å². The first-order chi connectivity index (χ1) is 9.81. The van der Waals surface area contributed by atoms with Gasteiger partial charge >= 0.3 is 0 Å². The van der Waals surface area contributed by atoms with Gasteiger partial charge in [-0.15, -0.1) is 0 Å². The summed E-state index contributed by atoms with van der Waals surface area (Å²) >= 11 is 0. The Hall–Kier alpha value is -1.73. The van der Waals surface area contributed by atoms with Crippen LogP contribution in [0.5, 0.6) is 5.88 Å². The lowest BCUT2D eigenvalue weighted by atomic mass is 10.3. The number of aliphatic hydroxyl groups is 1. The molecule has 0 saturated carbocycles. The molecule has 1 saturated heterocycles. The number of likely N-dealkylation sites (tertiary alicyclic amines) is 1. The molecule has 1 aliphatic rings. The van der Waals surface area contributed by atoms with Crippen molar-refractivity contribution in [3.8, 4) is 5.88 Å². The molecular weight excluding hydrogens is 260 g/mol. The number of hydrogen-bond donors (Lipinski definition) is 2. The molecule has 0 aromatic carbocycles. The van der Waals surface area contributed by atoms with Crippen LogP contribution >= 0.6 is 0 Å². The lowest BCUT2D eigenvalue weighted by molar-refractivity contribution is -0.108. The lowest BCUT2D eigenvalue weighted by Gasteiger charge is -2.14. The molecule has 0 bridgehead atoms. The van der Waals surface area contributed by atoms with Crippen molar-refractivity contribution in [1.29, 1.82) is 0 Å². The molecule has 1 atom stereocenters. The van der Waals surface area contributed by atoms with Gasteiger partial charge in [0.15, 0.2) is 0 Å². The summed E-state index contributed by atoms with van der Waals surface area (Å²) in [5, 5.41) is 11.8. The third-order valence-corrected chi connectivity index (χ3v) is 3.13. The van der Waals surface area contributed by atoms with E-state index in [4.69, 9.17) is 9.84 Å². The fourth-order valence-electron chi connectivity index (χ4n) is 2.13. The molecule has 1 unspecified atom stereocenters. The van der Waals surface area contributed by atoms with E-state index in [2.05, 4.69) is 20.2 Å². The summed E-state index contributed by atoms with van der Waals surface area (Å²) in [4.78, 5) is 20.7. The minimum Gasteiger partial charge on any atom is -0.473 e. The molecule has 7 heteroatoms. The van der Waals surface area contributed by atoms with Crippen molar-refractivity contribution < 1.29 is 14.6 Å². The van der Waals surface area contributed by atoms with E-state index in [1.54, 1.807) is 6.07 Å². The smallest absolute Gasteiger partial charge is 0.218 e. The van der Waals surface area contributed by atoms with Crippen molar-refractivity contribution in [2.75, 3.05) is 38.1 Å². The van der Waals surface area contributed by atoms with Crippen LogP contribution in [-0.4, -0.2) is 65.2 Å². The third kappa shape index (κ3) is 4.43. The Balaban J connectivity index is 1.83. The van der Waals surface area contributed by atoms with E-state index < -0.39 is 0 Å². The summed E-state index contributed by atoms with van der Waals surface area (Å²) in [5.41, 5.74) is 0. The molecule has 1 aliphatic heterocycles. The first-order valence-corrected chi connectivity index (χ1v) is 6.81. The quantitative estimate of drug-likeness (QED) is 0.509. The second-order valence-corrected chi connectivity index (χ2v) is 4.70. The number of nitrogens with one attached hydrogen (secondary N) is 1. The number of carbonyl (C=O) groups excluding carboxylic acids is 1. The molecule has 1 aromatic rings. The van der Waals surface area contributed by atoms with Crippen molar-refractivity contribution >= 4 is 12.1 Å². The summed E-state index contributed by atoms with van der Waals surface area (Å²) < 4.78 is 5.80. The minimum atomic E-state index is 0.0649. The zero-order chi connectivity index (χ0) is 14.2. The van der Waals surface area contributed by atoms with Crippen LogP contribution in [-0.2, 0) is 4.79 Å². The first-order valence-electron chi connectivity index (χ1n) is 6.81. The van der Waals surface area contributed by atoms with E-state index in [-0.39, 0.29) is 12.7 Å². The second-order valence-electron chi connectivity index (χ2n) is 4.70. The Morgan fingerprint density at radius 3 is 3.25 bits per heavy atom. The fourth-order valence-corrected chi connectivity index (χ4v) is 2.13. The Kier molecular flexibility index (Phi) is 5.69. The Morgan fingerprint density at radius 2 is 2.45 bits per heavy atom. The molecule has 1 fully saturated rings. The Labute approximate surface area is 118 Å². The van der Waals surface area contributed by atoms with Crippen LogP contribution in [0.3, 0.4) is 0 Å². The molecule has 110 valence electrons. The number of carbonyl (C=O) groups is 1. The van der Waals surface area contributed by atoms with Gasteiger partial charge in [-0.2, -0.15) is 0 Å². The van der Waals surface area contributed by atoms with Crippen molar-refractivity contribution in [2.24, 2.45) is 0 Å². The number of ether oxygens (including phenoxy) is 1. The van der Waals surface area contributed by atoms with Crippen molar-refractivity contribution in [3.05, 3.63) is 12.4 Å². The number of aliphatic hydroxyl groups excluding tert-OH is 1. The summed E-state index contributed by atoms with van der Waals surface area (Å²) in [7, 11) is 0. The third-order valence-electron chi connectivity index (χ3n) is 3.13. The number of hydrogen-bond acceptors (Lipinski definition) is 7. The predicted molar refractivity (Wildman–Crippen MR) is 73.8 cm³/mol. The van der Waals surface area contributed by atoms with Crippen LogP contribution < -0.4 is 10.1 Å². The van der Waals surface area contributed by atoms with E-state index >= 15 is 0 Å². The maximum atomic E-state index is 10.5. The molecule has 0 radical (unpaired) electrons. The summed E-state index contributed by atoms with van der Waals surface area (Å²) in [5.74, 6) is 1.22. The largest absolute Gasteiger partial charge is 0.473 e. The van der Waals surface area contributed by atoms with E-state index in [1.165, 1.54) is 6.33 Å². The number of anilines is 1. The number of aldehydes is 1. The summed E-state index contributed by atoms with van der Waals surface area (Å²) in [6.07, 6.45) is 4.00. The maximum absolute atomic E-state index is 10.5. The highest BCUT2D eigenvalue weighted by atomic mass is 16.5. The van der Waals surface area contributed by atoms with Gasteiger partial charge in [0.1, 0.15) is 24.5 Å². The van der Waals surface area contributed by atoms with Gasteiger partial charge in [0.2, 0.25) is 5.88 Å². The normalized spacial score (nSPS) is 18.9. The van der Waals surface area contributed by atoms with Crippen LogP contribution in [0.15, 0.2) is 12.4 Å². The maximum Gasteiger partial charge on any atom is 0.218 e. The lowest BCUT2D eigenvalue weighted by Crippen LogP contribution is -2.26. The Morgan fingerprint density at radius 1 is 1.55 bits per heavy atom. The Bertz CT molecular complexity index is 430. The van der Waals surface area contributed by atoms with E-state index in [0.717, 1.165) is 25.8 Å². The van der Waals surface area contributed by atoms with Crippen LogP contribution in [0, 0.1) is 0 Å². The molecule has 0 spiro atoms. The van der Waals surface area contributed by atoms with Crippen molar-refractivity contribution in [2.45, 2.75) is 18.9 Å². The zero-order valence-electron chi connectivity index (χ0n) is 11.4. The predicted octanol–water partition coefficient (Wildman–Crippen LogP) is -0.0771. The topological polar surface area (TPSA) is 87.6 Å². The zero-order valence-corrected chi connectivity index (χ0v) is 11.4. The average molecular weight is 280 g/mol. The van der Waals surface area contributed by atoms with Crippen LogP contribution in [0.2, 0.25) is 0 Å². The standard InChI is InChI=1S/C13H20N4O3/c18-6-1-3-14-12-8-13(16-10-15-12)20-11-2-4-17(9-11)5-7-19/h7-8,10-11,18H,1-6,9H2,(H,14,15,16). The summed E-state index contributed by atoms with van der Waals surface area (Å²) in [6.45, 7) is 2.88. The van der Waals surface area contributed by atoms with Gasteiger partial charge in [0, 0.05) is 32.3 Å². The van der Waals surface area contributed by atoms with E-state index in [1.807, 2.05) is 0 Å². The van der Waals surface area contributed by atoms with E-state index in [9.17, 15) is 4.79 Å². The fraction of sp³-hybridized carbons (Fsp3) is 0.615. The number of rotatable bonds is 8. The van der Waals surface area contributed by atoms with Gasteiger partial charge in [0.05, 0.1) is 6.54 Å². The molecular formula is C13H20N4O3. The first kappa shape index (κ1) is 14.7. The molecule has 2 heterocycles. The van der Waals surface area contributed by atoms with Gasteiger partial charge in [-0.3, -0.25) is 4.90 Å². The number of nitrogens with zero attached hydrogens (tertiary/aromatic N) is 3. The van der Waals surface area contributed by atoms with Crippen molar-refractivity contribution in [3.63, 3.8) is 0 Å². The van der Waals surface area contributed by atoms with Gasteiger partial charge in [-0.1, -0.05) is 0 Å². The molecule has 1 aromatic heterocycles. The molecule has 20 heavy (non-hydrogen) atoms. The molecule has 7 nitrogen and oxygen atoms in total. The average Bonchev–Trinajstić information content (AvgIpc) is 2.87. The van der Waals surface area contributed by atoms with Crippen LogP contribution in [0.4, 0.5) is 5.82 Å². The SMILES string of the molecule is O=CCN1CCC(Oc2cc(NCCCO)ncn2)C1. The summed E-state index contributed by atoms with van der Waals surface area (Å²) in [6, 6.07) is 1.75. The van der Waals surface area contributed by atoms with Gasteiger partial charge in [-0.25, -0.2) is 9.97 Å². The van der Waals surface area contributed by atoms with Crippen molar-refractivity contribution in [1.82, 2.24) is 14.9 Å². The monoisotopic (exact) mass is 280 g/mol. The molecule has 0 aliphatic carbocycles. The van der Waals surface area contributed by atoms with Crippen LogP contribution in [0.25, 0.3) is 0 Å².